The molecule has 0 aliphatic carbocycles. The van der Waals surface area contributed by atoms with E-state index in [0.717, 1.165) is 6.07 Å². The van der Waals surface area contributed by atoms with Crippen molar-refractivity contribution in [2.24, 2.45) is 0 Å². The minimum absolute atomic E-state index is 0.287. The first-order valence-corrected chi connectivity index (χ1v) is 7.85. The third-order valence-corrected chi connectivity index (χ3v) is 4.39. The first-order valence-electron chi connectivity index (χ1n) is 6.87. The predicted molar refractivity (Wildman–Crippen MR) is 80.4 cm³/mol. The molecule has 0 fully saturated rings. The van der Waals surface area contributed by atoms with Gasteiger partial charge in [0.25, 0.3) is 0 Å². The molecule has 0 amide bonds. The van der Waals surface area contributed by atoms with E-state index in [0.29, 0.717) is 30.1 Å². The maximum Gasteiger partial charge on any atom is 0.326 e. The molecule has 6 heteroatoms. The van der Waals surface area contributed by atoms with Gasteiger partial charge in [0.1, 0.15) is 17.2 Å². The number of thioether (sulfide) groups is 1. The molecule has 118 valence electrons. The third kappa shape index (κ3) is 5.28. The Morgan fingerprint density at radius 2 is 2.14 bits per heavy atom. The molecule has 1 aromatic rings. The van der Waals surface area contributed by atoms with Gasteiger partial charge in [0.15, 0.2) is 0 Å². The van der Waals surface area contributed by atoms with Crippen molar-refractivity contribution in [1.82, 2.24) is 5.32 Å². The van der Waals surface area contributed by atoms with Crippen molar-refractivity contribution < 1.29 is 18.3 Å². The van der Waals surface area contributed by atoms with Gasteiger partial charge in [0, 0.05) is 11.0 Å². The Hall–Kier alpha value is -1.14. The first-order chi connectivity index (χ1) is 9.92. The molecule has 0 heterocycles. The molecule has 0 aliphatic heterocycles. The monoisotopic (exact) mass is 317 g/mol. The fraction of sp³-hybridized carbons (Fsp3) is 0.533. The Kier molecular flexibility index (Phi) is 7.11. The summed E-state index contributed by atoms with van der Waals surface area (Å²) < 4.78 is 31.3. The van der Waals surface area contributed by atoms with Crippen LogP contribution in [0.2, 0.25) is 0 Å². The van der Waals surface area contributed by atoms with Crippen molar-refractivity contribution in [2.75, 3.05) is 19.4 Å². The fourth-order valence-electron chi connectivity index (χ4n) is 1.82. The zero-order chi connectivity index (χ0) is 15.9. The van der Waals surface area contributed by atoms with E-state index in [1.165, 1.54) is 23.9 Å². The second-order valence-corrected chi connectivity index (χ2v) is 5.97. The van der Waals surface area contributed by atoms with Crippen molar-refractivity contribution >= 4 is 17.7 Å². The Labute approximate surface area is 128 Å². The van der Waals surface area contributed by atoms with E-state index < -0.39 is 17.2 Å². The number of carbonyl (C=O) groups excluding carboxylic acids is 1. The highest BCUT2D eigenvalue weighted by atomic mass is 32.2. The summed E-state index contributed by atoms with van der Waals surface area (Å²) in [4.78, 5) is 12.3. The largest absolute Gasteiger partial charge is 0.465 e. The number of halogens is 2. The normalized spacial score (nSPS) is 13.8. The molecule has 0 saturated heterocycles. The number of carbonyl (C=O) groups is 1. The molecule has 1 aromatic carbocycles. The lowest BCUT2D eigenvalue weighted by molar-refractivity contribution is -0.150. The van der Waals surface area contributed by atoms with E-state index >= 15 is 0 Å². The molecule has 0 aromatic heterocycles. The average Bonchev–Trinajstić information content (AvgIpc) is 2.45. The van der Waals surface area contributed by atoms with E-state index in [-0.39, 0.29) is 5.97 Å². The molecule has 3 nitrogen and oxygen atoms in total. The molecule has 0 bridgehead atoms. The van der Waals surface area contributed by atoms with Crippen molar-refractivity contribution in [3.8, 4) is 0 Å². The number of hydrogen-bond acceptors (Lipinski definition) is 4. The van der Waals surface area contributed by atoms with E-state index in [2.05, 4.69) is 5.32 Å². The molecule has 21 heavy (non-hydrogen) atoms. The smallest absolute Gasteiger partial charge is 0.326 e. The molecule has 1 N–H and O–H groups in total. The lowest BCUT2D eigenvalue weighted by atomic mass is 9.97. The summed E-state index contributed by atoms with van der Waals surface area (Å²) in [7, 11) is 1.71. The van der Waals surface area contributed by atoms with Crippen LogP contribution in [0.3, 0.4) is 0 Å². The van der Waals surface area contributed by atoms with Gasteiger partial charge in [-0.25, -0.2) is 8.78 Å². The predicted octanol–water partition coefficient (Wildman–Crippen LogP) is 3.38. The molecule has 0 saturated carbocycles. The van der Waals surface area contributed by atoms with Crippen LogP contribution in [0.4, 0.5) is 8.78 Å². The maximum atomic E-state index is 13.5. The van der Waals surface area contributed by atoms with Gasteiger partial charge in [0.05, 0.1) is 6.61 Å². The Bertz CT molecular complexity index is 485. The molecule has 0 spiro atoms. The van der Waals surface area contributed by atoms with Crippen LogP contribution in [0.15, 0.2) is 23.1 Å². The molecule has 1 unspecified atom stereocenters. The minimum atomic E-state index is -0.738. The maximum absolute atomic E-state index is 13.5. The highest BCUT2D eigenvalue weighted by Gasteiger charge is 2.32. The first kappa shape index (κ1) is 17.9. The second-order valence-electron chi connectivity index (χ2n) is 4.83. The topological polar surface area (TPSA) is 38.3 Å². The number of hydrogen-bond donors (Lipinski definition) is 1. The molecular weight excluding hydrogens is 296 g/mol. The number of nitrogens with one attached hydrogen (secondary N) is 1. The highest BCUT2D eigenvalue weighted by Crippen LogP contribution is 2.25. The number of ether oxygens (including phenoxy) is 1. The van der Waals surface area contributed by atoms with Gasteiger partial charge in [-0.1, -0.05) is 0 Å². The number of rotatable bonds is 8. The van der Waals surface area contributed by atoms with Crippen LogP contribution in [0.5, 0.6) is 0 Å². The summed E-state index contributed by atoms with van der Waals surface area (Å²) in [6.45, 7) is 3.89. The van der Waals surface area contributed by atoms with Crippen LogP contribution < -0.4 is 5.32 Å². The molecular formula is C15H21F2NO2S. The zero-order valence-electron chi connectivity index (χ0n) is 12.5. The van der Waals surface area contributed by atoms with Crippen LogP contribution in [0, 0.1) is 11.6 Å². The van der Waals surface area contributed by atoms with Gasteiger partial charge in [-0.15, -0.1) is 11.8 Å². The zero-order valence-corrected chi connectivity index (χ0v) is 13.4. The van der Waals surface area contributed by atoms with Gasteiger partial charge in [0.2, 0.25) is 0 Å². The van der Waals surface area contributed by atoms with Gasteiger partial charge >= 0.3 is 5.97 Å². The van der Waals surface area contributed by atoms with E-state index in [1.54, 1.807) is 20.9 Å². The lowest BCUT2D eigenvalue weighted by Gasteiger charge is -2.26. The second kappa shape index (κ2) is 8.34. The van der Waals surface area contributed by atoms with Gasteiger partial charge in [-0.05, 0) is 51.6 Å². The van der Waals surface area contributed by atoms with Crippen molar-refractivity contribution in [3.05, 3.63) is 29.8 Å². The van der Waals surface area contributed by atoms with Crippen molar-refractivity contribution in [1.29, 1.82) is 0 Å². The summed E-state index contributed by atoms with van der Waals surface area (Å²) in [6.07, 6.45) is 1.29. The average molecular weight is 317 g/mol. The number of esters is 1. The SMILES string of the molecule is CCOC(=O)C(C)(CCCSc1ccc(F)cc1F)NC. The Balaban J connectivity index is 2.46. The van der Waals surface area contributed by atoms with Gasteiger partial charge < -0.3 is 10.1 Å². The summed E-state index contributed by atoms with van der Waals surface area (Å²) in [6, 6.07) is 3.54. The Morgan fingerprint density at radius 3 is 2.71 bits per heavy atom. The van der Waals surface area contributed by atoms with Crippen LogP contribution in [-0.4, -0.2) is 30.9 Å². The van der Waals surface area contributed by atoms with E-state index in [1.807, 2.05) is 0 Å². The number of benzene rings is 1. The van der Waals surface area contributed by atoms with Crippen LogP contribution in [0.1, 0.15) is 26.7 Å². The van der Waals surface area contributed by atoms with E-state index in [4.69, 9.17) is 4.74 Å². The quantitative estimate of drug-likeness (QED) is 0.453. The molecule has 1 atom stereocenters. The number of likely N-dealkylation sites (N-methyl/N-ethyl adjacent to an activating group) is 1. The fourth-order valence-corrected chi connectivity index (χ4v) is 2.69. The standard InChI is InChI=1S/C15H21F2NO2S/c1-4-20-14(19)15(2,18-3)8-5-9-21-13-7-6-11(16)10-12(13)17/h6-7,10,18H,4-5,8-9H2,1-3H3. The molecule has 0 aliphatic rings. The lowest BCUT2D eigenvalue weighted by Crippen LogP contribution is -2.48. The summed E-state index contributed by atoms with van der Waals surface area (Å²) >= 11 is 1.31. The summed E-state index contributed by atoms with van der Waals surface area (Å²) in [5, 5.41) is 2.97. The Morgan fingerprint density at radius 1 is 1.43 bits per heavy atom. The van der Waals surface area contributed by atoms with Crippen molar-refractivity contribution in [3.63, 3.8) is 0 Å². The molecule has 0 radical (unpaired) electrons. The summed E-state index contributed by atoms with van der Waals surface area (Å²) in [5.74, 6) is -0.784. The van der Waals surface area contributed by atoms with Gasteiger partial charge in [-0.2, -0.15) is 0 Å². The van der Waals surface area contributed by atoms with E-state index in [9.17, 15) is 13.6 Å². The van der Waals surface area contributed by atoms with Crippen LogP contribution >= 0.6 is 11.8 Å². The van der Waals surface area contributed by atoms with Gasteiger partial charge in [-0.3, -0.25) is 4.79 Å². The summed E-state index contributed by atoms with van der Waals surface area (Å²) in [5.41, 5.74) is -0.738. The van der Waals surface area contributed by atoms with Crippen molar-refractivity contribution in [2.45, 2.75) is 37.1 Å². The van der Waals surface area contributed by atoms with Crippen LogP contribution in [0.25, 0.3) is 0 Å². The highest BCUT2D eigenvalue weighted by molar-refractivity contribution is 7.99. The third-order valence-electron chi connectivity index (χ3n) is 3.25. The van der Waals surface area contributed by atoms with Crippen LogP contribution in [-0.2, 0) is 9.53 Å². The minimum Gasteiger partial charge on any atom is -0.465 e. The molecule has 1 rings (SSSR count).